The summed E-state index contributed by atoms with van der Waals surface area (Å²) in [6.07, 6.45) is 2.00. The van der Waals surface area contributed by atoms with Crippen molar-refractivity contribution < 1.29 is 0 Å². The van der Waals surface area contributed by atoms with Crippen LogP contribution in [0.15, 0.2) is 66.9 Å². The molecule has 124 valence electrons. The predicted molar refractivity (Wildman–Crippen MR) is 111 cm³/mol. The van der Waals surface area contributed by atoms with Crippen molar-refractivity contribution in [3.8, 4) is 11.3 Å². The van der Waals surface area contributed by atoms with Gasteiger partial charge in [0.25, 0.3) is 0 Å². The van der Waals surface area contributed by atoms with E-state index in [2.05, 4.69) is 74.5 Å². The molecule has 0 radical (unpaired) electrons. The van der Waals surface area contributed by atoms with Crippen molar-refractivity contribution in [2.75, 3.05) is 0 Å². The molecule has 6 rings (SSSR count). The summed E-state index contributed by atoms with van der Waals surface area (Å²) in [5.41, 5.74) is 5.24. The zero-order valence-electron chi connectivity index (χ0n) is 14.7. The predicted octanol–water partition coefficient (Wildman–Crippen LogP) is 5.90. The Morgan fingerprint density at radius 1 is 0.769 bits per heavy atom. The average Bonchev–Trinajstić information content (AvgIpc) is 3.02. The molecular formula is C24H17NSe. The molecule has 0 N–H and O–H groups in total. The van der Waals surface area contributed by atoms with Crippen molar-refractivity contribution in [1.82, 2.24) is 4.98 Å². The Kier molecular flexibility index (Phi) is 2.75. The van der Waals surface area contributed by atoms with Gasteiger partial charge in [-0.05, 0) is 0 Å². The van der Waals surface area contributed by atoms with E-state index in [-0.39, 0.29) is 5.41 Å². The van der Waals surface area contributed by atoms with Crippen LogP contribution < -0.4 is 0 Å². The van der Waals surface area contributed by atoms with Crippen molar-refractivity contribution >= 4 is 44.6 Å². The molecule has 0 saturated heterocycles. The van der Waals surface area contributed by atoms with Crippen LogP contribution in [0.1, 0.15) is 25.0 Å². The minimum atomic E-state index is -0.0525. The molecule has 3 aromatic carbocycles. The van der Waals surface area contributed by atoms with E-state index in [4.69, 9.17) is 4.98 Å². The van der Waals surface area contributed by atoms with Crippen LogP contribution >= 0.6 is 0 Å². The summed E-state index contributed by atoms with van der Waals surface area (Å²) in [4.78, 5) is 4.90. The van der Waals surface area contributed by atoms with E-state index in [1.54, 1.807) is 0 Å². The Morgan fingerprint density at radius 3 is 2.38 bits per heavy atom. The summed E-state index contributed by atoms with van der Waals surface area (Å²) < 4.78 is 2.98. The van der Waals surface area contributed by atoms with Gasteiger partial charge in [0.1, 0.15) is 0 Å². The normalized spacial score (nSPS) is 14.8. The fraction of sp³-hybridized carbons (Fsp3) is 0.125. The maximum atomic E-state index is 4.90. The molecular weight excluding hydrogens is 381 g/mol. The van der Waals surface area contributed by atoms with Crippen molar-refractivity contribution in [3.05, 3.63) is 78.0 Å². The van der Waals surface area contributed by atoms with Gasteiger partial charge >= 0.3 is 158 Å². The van der Waals surface area contributed by atoms with E-state index in [0.717, 1.165) is 0 Å². The molecule has 1 nitrogen and oxygen atoms in total. The van der Waals surface area contributed by atoms with Gasteiger partial charge in [0.05, 0.1) is 0 Å². The first kappa shape index (κ1) is 14.7. The van der Waals surface area contributed by atoms with Gasteiger partial charge in [-0.1, -0.05) is 0 Å². The Bertz CT molecular complexity index is 1360. The van der Waals surface area contributed by atoms with Crippen LogP contribution in [0.5, 0.6) is 0 Å². The molecule has 0 fully saturated rings. The van der Waals surface area contributed by atoms with Gasteiger partial charge in [-0.25, -0.2) is 0 Å². The number of fused-ring (bicyclic) bond motifs is 3. The zero-order chi connectivity index (χ0) is 17.5. The molecule has 0 bridgehead atoms. The van der Waals surface area contributed by atoms with Gasteiger partial charge in [-0.2, -0.15) is 0 Å². The fourth-order valence-corrected chi connectivity index (χ4v) is 6.95. The first-order valence-corrected chi connectivity index (χ1v) is 10.7. The molecule has 0 aliphatic heterocycles. The topological polar surface area (TPSA) is 12.9 Å². The van der Waals surface area contributed by atoms with Crippen molar-refractivity contribution in [1.29, 1.82) is 0 Å². The number of pyridine rings is 1. The van der Waals surface area contributed by atoms with Gasteiger partial charge in [0.15, 0.2) is 0 Å². The second-order valence-corrected chi connectivity index (χ2v) is 9.96. The number of hydrogen-bond acceptors (Lipinski definition) is 1. The molecule has 2 heterocycles. The Hall–Kier alpha value is -2.41. The molecule has 2 heteroatoms. The SMILES string of the molecule is CC1(C)c2cc3ccccc3cc2-c2nccc3[se]c4cccc1c4c23. The third-order valence-electron chi connectivity index (χ3n) is 5.90. The number of aromatic nitrogens is 1. The third kappa shape index (κ3) is 1.74. The molecule has 1 aliphatic carbocycles. The zero-order valence-corrected chi connectivity index (χ0v) is 16.4. The van der Waals surface area contributed by atoms with E-state index in [1.165, 1.54) is 52.4 Å². The molecule has 0 spiro atoms. The number of nitrogens with zero attached hydrogens (tertiary/aromatic N) is 1. The molecule has 2 aromatic heterocycles. The summed E-state index contributed by atoms with van der Waals surface area (Å²) in [5.74, 6) is 0. The standard InChI is InChI=1S/C24H17NSe/c1-24(2)17-8-5-9-19-21(17)22-20(26-19)10-11-25-23(22)16-12-14-6-3-4-7-15(14)13-18(16)24/h3-13H,1-2H3. The van der Waals surface area contributed by atoms with Crippen LogP contribution in [0.4, 0.5) is 0 Å². The van der Waals surface area contributed by atoms with Crippen LogP contribution in [0.2, 0.25) is 0 Å². The van der Waals surface area contributed by atoms with Gasteiger partial charge in [-0.15, -0.1) is 0 Å². The summed E-state index contributed by atoms with van der Waals surface area (Å²) in [5, 5.41) is 5.44. The summed E-state index contributed by atoms with van der Waals surface area (Å²) >= 11 is 0.378. The number of hydrogen-bond donors (Lipinski definition) is 0. The minimum absolute atomic E-state index is 0.0525. The molecule has 0 atom stereocenters. The van der Waals surface area contributed by atoms with Gasteiger partial charge in [0, 0.05) is 0 Å². The van der Waals surface area contributed by atoms with Gasteiger partial charge < -0.3 is 0 Å². The summed E-state index contributed by atoms with van der Waals surface area (Å²) in [6, 6.07) is 22.5. The average molecular weight is 398 g/mol. The van der Waals surface area contributed by atoms with E-state index in [9.17, 15) is 0 Å². The van der Waals surface area contributed by atoms with Crippen LogP contribution in [0.3, 0.4) is 0 Å². The van der Waals surface area contributed by atoms with Crippen LogP contribution in [-0.4, -0.2) is 19.5 Å². The van der Waals surface area contributed by atoms with Gasteiger partial charge in [0.2, 0.25) is 0 Å². The van der Waals surface area contributed by atoms with Crippen molar-refractivity contribution in [3.63, 3.8) is 0 Å². The molecule has 1 aliphatic rings. The van der Waals surface area contributed by atoms with Crippen LogP contribution in [0.25, 0.3) is 41.3 Å². The maximum absolute atomic E-state index is 4.90. The first-order chi connectivity index (χ1) is 12.6. The molecule has 0 amide bonds. The summed E-state index contributed by atoms with van der Waals surface area (Å²) in [7, 11) is 0. The quantitative estimate of drug-likeness (QED) is 0.296. The molecule has 0 unspecified atom stereocenters. The first-order valence-electron chi connectivity index (χ1n) is 8.99. The molecule has 0 saturated carbocycles. The molecule has 26 heavy (non-hydrogen) atoms. The van der Waals surface area contributed by atoms with E-state index in [0.29, 0.717) is 14.5 Å². The van der Waals surface area contributed by atoms with E-state index < -0.39 is 0 Å². The Labute approximate surface area is 158 Å². The van der Waals surface area contributed by atoms with Crippen molar-refractivity contribution in [2.24, 2.45) is 0 Å². The Balaban J connectivity index is 1.92. The van der Waals surface area contributed by atoms with Crippen LogP contribution in [0, 0.1) is 0 Å². The third-order valence-corrected chi connectivity index (χ3v) is 8.25. The van der Waals surface area contributed by atoms with Crippen LogP contribution in [-0.2, 0) is 5.41 Å². The second-order valence-electron chi connectivity index (χ2n) is 7.68. The van der Waals surface area contributed by atoms with Crippen molar-refractivity contribution in [2.45, 2.75) is 19.3 Å². The number of rotatable bonds is 0. The Morgan fingerprint density at radius 2 is 1.54 bits per heavy atom. The molecule has 5 aromatic rings. The fourth-order valence-electron chi connectivity index (χ4n) is 4.59. The van der Waals surface area contributed by atoms with E-state index >= 15 is 0 Å². The second kappa shape index (κ2) is 4.85. The van der Waals surface area contributed by atoms with E-state index in [1.807, 2.05) is 6.20 Å². The monoisotopic (exact) mass is 399 g/mol. The van der Waals surface area contributed by atoms with Gasteiger partial charge in [-0.3, -0.25) is 0 Å². The summed E-state index contributed by atoms with van der Waals surface area (Å²) in [6.45, 7) is 4.74. The number of benzene rings is 3.